The normalized spacial score (nSPS) is 16.8. The van der Waals surface area contributed by atoms with Crippen molar-refractivity contribution in [1.82, 2.24) is 0 Å². The Morgan fingerprint density at radius 3 is 2.48 bits per heavy atom. The third-order valence-corrected chi connectivity index (χ3v) is 4.07. The van der Waals surface area contributed by atoms with Gasteiger partial charge in [0, 0.05) is 10.6 Å². The van der Waals surface area contributed by atoms with Crippen LogP contribution in [0.4, 0.5) is 13.2 Å². The SMILES string of the molecule is Cc1ccc(Cc2cc3c(cc2Cl)C=CC(C(F)(F)F)O3)cc1. The highest BCUT2D eigenvalue weighted by molar-refractivity contribution is 6.31. The van der Waals surface area contributed by atoms with E-state index in [1.54, 1.807) is 12.1 Å². The van der Waals surface area contributed by atoms with Gasteiger partial charge < -0.3 is 4.74 Å². The minimum atomic E-state index is -4.43. The second kappa shape index (κ2) is 5.93. The van der Waals surface area contributed by atoms with Gasteiger partial charge in [-0.2, -0.15) is 13.2 Å². The summed E-state index contributed by atoms with van der Waals surface area (Å²) in [7, 11) is 0. The molecule has 0 saturated carbocycles. The van der Waals surface area contributed by atoms with Crippen molar-refractivity contribution in [1.29, 1.82) is 0 Å². The molecule has 0 N–H and O–H groups in total. The lowest BCUT2D eigenvalue weighted by atomic mass is 10.0. The van der Waals surface area contributed by atoms with Gasteiger partial charge in [0.25, 0.3) is 0 Å². The highest BCUT2D eigenvalue weighted by Crippen LogP contribution is 2.36. The zero-order valence-corrected chi connectivity index (χ0v) is 13.1. The third kappa shape index (κ3) is 3.53. The molecule has 0 fully saturated rings. The predicted molar refractivity (Wildman–Crippen MR) is 84.9 cm³/mol. The quantitative estimate of drug-likeness (QED) is 0.695. The Bertz CT molecular complexity index is 748. The molecule has 2 aromatic carbocycles. The zero-order chi connectivity index (χ0) is 16.6. The molecule has 1 unspecified atom stereocenters. The molecule has 0 bridgehead atoms. The molecule has 0 aromatic heterocycles. The lowest BCUT2D eigenvalue weighted by Gasteiger charge is -2.24. The van der Waals surface area contributed by atoms with Crippen LogP contribution in [-0.2, 0) is 6.42 Å². The molecular weight excluding hydrogens is 325 g/mol. The summed E-state index contributed by atoms with van der Waals surface area (Å²) in [6.07, 6.45) is -3.40. The first-order chi connectivity index (χ1) is 10.8. The van der Waals surface area contributed by atoms with Crippen LogP contribution >= 0.6 is 11.6 Å². The van der Waals surface area contributed by atoms with Crippen molar-refractivity contribution in [2.75, 3.05) is 0 Å². The van der Waals surface area contributed by atoms with Crippen LogP contribution in [-0.4, -0.2) is 12.3 Å². The lowest BCUT2D eigenvalue weighted by molar-refractivity contribution is -0.180. The number of alkyl halides is 3. The van der Waals surface area contributed by atoms with E-state index in [0.717, 1.165) is 22.8 Å². The molecule has 0 amide bonds. The summed E-state index contributed by atoms with van der Waals surface area (Å²) in [5.41, 5.74) is 3.48. The number of ether oxygens (including phenoxy) is 1. The summed E-state index contributed by atoms with van der Waals surface area (Å²) in [5, 5.41) is 0.517. The van der Waals surface area contributed by atoms with Crippen LogP contribution in [0.1, 0.15) is 22.3 Å². The van der Waals surface area contributed by atoms with Crippen LogP contribution in [0.3, 0.4) is 0 Å². The first-order valence-electron chi connectivity index (χ1n) is 7.12. The molecule has 120 valence electrons. The summed E-state index contributed by atoms with van der Waals surface area (Å²) in [6, 6.07) is 11.2. The summed E-state index contributed by atoms with van der Waals surface area (Å²) < 4.78 is 43.5. The average Bonchev–Trinajstić information content (AvgIpc) is 2.49. The smallest absolute Gasteiger partial charge is 0.429 e. The van der Waals surface area contributed by atoms with Crippen molar-refractivity contribution in [2.45, 2.75) is 25.6 Å². The van der Waals surface area contributed by atoms with Crippen LogP contribution in [0.5, 0.6) is 5.75 Å². The van der Waals surface area contributed by atoms with Crippen molar-refractivity contribution in [3.05, 3.63) is 69.8 Å². The highest BCUT2D eigenvalue weighted by Gasteiger charge is 2.41. The van der Waals surface area contributed by atoms with Crippen LogP contribution in [0, 0.1) is 6.92 Å². The van der Waals surface area contributed by atoms with Crippen molar-refractivity contribution >= 4 is 17.7 Å². The molecular formula is C18H14ClF3O. The molecule has 5 heteroatoms. The molecule has 0 aliphatic carbocycles. The van der Waals surface area contributed by atoms with E-state index >= 15 is 0 Å². The van der Waals surface area contributed by atoms with Gasteiger partial charge in [-0.05, 0) is 42.7 Å². The Labute approximate surface area is 137 Å². The molecule has 1 heterocycles. The van der Waals surface area contributed by atoms with E-state index in [1.165, 1.54) is 6.08 Å². The van der Waals surface area contributed by atoms with Gasteiger partial charge >= 0.3 is 6.18 Å². The number of hydrogen-bond donors (Lipinski definition) is 0. The van der Waals surface area contributed by atoms with Gasteiger partial charge in [-0.25, -0.2) is 0 Å². The molecule has 1 aliphatic heterocycles. The molecule has 2 aromatic rings. The Kier molecular flexibility index (Phi) is 4.11. The maximum absolute atomic E-state index is 12.8. The van der Waals surface area contributed by atoms with Gasteiger partial charge in [-0.3, -0.25) is 0 Å². The lowest BCUT2D eigenvalue weighted by Crippen LogP contribution is -2.33. The molecule has 0 radical (unpaired) electrons. The second-order valence-electron chi connectivity index (χ2n) is 5.58. The minimum absolute atomic E-state index is 0.210. The zero-order valence-electron chi connectivity index (χ0n) is 12.3. The van der Waals surface area contributed by atoms with E-state index < -0.39 is 12.3 Å². The number of halogens is 4. The molecule has 1 atom stereocenters. The molecule has 1 nitrogen and oxygen atoms in total. The van der Waals surface area contributed by atoms with Gasteiger partial charge in [0.05, 0.1) is 0 Å². The Morgan fingerprint density at radius 1 is 1.13 bits per heavy atom. The van der Waals surface area contributed by atoms with Gasteiger partial charge in [0.1, 0.15) is 5.75 Å². The minimum Gasteiger partial charge on any atom is -0.476 e. The van der Waals surface area contributed by atoms with Crippen LogP contribution in [0.2, 0.25) is 5.02 Å². The molecule has 0 saturated heterocycles. The third-order valence-electron chi connectivity index (χ3n) is 3.72. The Balaban J connectivity index is 1.90. The second-order valence-corrected chi connectivity index (χ2v) is 5.99. The van der Waals surface area contributed by atoms with Crippen molar-refractivity contribution < 1.29 is 17.9 Å². The molecule has 3 rings (SSSR count). The van der Waals surface area contributed by atoms with E-state index in [1.807, 2.05) is 31.2 Å². The molecule has 1 aliphatic rings. The number of fused-ring (bicyclic) bond motifs is 1. The van der Waals surface area contributed by atoms with Gasteiger partial charge in [-0.1, -0.05) is 47.5 Å². The maximum atomic E-state index is 12.8. The average molecular weight is 339 g/mol. The maximum Gasteiger partial charge on any atom is 0.429 e. The van der Waals surface area contributed by atoms with E-state index in [9.17, 15) is 13.2 Å². The fourth-order valence-corrected chi connectivity index (χ4v) is 2.69. The topological polar surface area (TPSA) is 9.23 Å². The summed E-state index contributed by atoms with van der Waals surface area (Å²) in [5.74, 6) is 0.210. The monoisotopic (exact) mass is 338 g/mol. The van der Waals surface area contributed by atoms with Gasteiger partial charge in [0.15, 0.2) is 0 Å². The molecule has 0 spiro atoms. The van der Waals surface area contributed by atoms with Gasteiger partial charge in [-0.15, -0.1) is 0 Å². The van der Waals surface area contributed by atoms with Crippen LogP contribution in [0.15, 0.2) is 42.5 Å². The van der Waals surface area contributed by atoms with E-state index in [-0.39, 0.29) is 5.75 Å². The summed E-state index contributed by atoms with van der Waals surface area (Å²) >= 11 is 6.26. The predicted octanol–water partition coefficient (Wildman–Crippen LogP) is 5.58. The van der Waals surface area contributed by atoms with Gasteiger partial charge in [0.2, 0.25) is 6.10 Å². The van der Waals surface area contributed by atoms with Crippen LogP contribution in [0.25, 0.3) is 6.08 Å². The van der Waals surface area contributed by atoms with Crippen molar-refractivity contribution in [3.8, 4) is 5.75 Å². The van der Waals surface area contributed by atoms with Crippen molar-refractivity contribution in [2.24, 2.45) is 0 Å². The first kappa shape index (κ1) is 15.9. The fourth-order valence-electron chi connectivity index (χ4n) is 2.45. The van der Waals surface area contributed by atoms with Crippen molar-refractivity contribution in [3.63, 3.8) is 0 Å². The fraction of sp³-hybridized carbons (Fsp3) is 0.222. The number of benzene rings is 2. The summed E-state index contributed by atoms with van der Waals surface area (Å²) in [4.78, 5) is 0. The Morgan fingerprint density at radius 2 is 1.83 bits per heavy atom. The molecule has 23 heavy (non-hydrogen) atoms. The van der Waals surface area contributed by atoms with E-state index in [4.69, 9.17) is 16.3 Å². The number of rotatable bonds is 2. The standard InChI is InChI=1S/C18H14ClF3O/c1-11-2-4-12(5-3-11)8-14-10-16-13(9-15(14)19)6-7-17(23-16)18(20,21)22/h2-7,9-10,17H,8H2,1H3. The summed E-state index contributed by atoms with van der Waals surface area (Å²) in [6.45, 7) is 1.99. The van der Waals surface area contributed by atoms with E-state index in [2.05, 4.69) is 0 Å². The Hall–Kier alpha value is -1.94. The van der Waals surface area contributed by atoms with E-state index in [0.29, 0.717) is 17.0 Å². The van der Waals surface area contributed by atoms with Crippen LogP contribution < -0.4 is 4.74 Å². The highest BCUT2D eigenvalue weighted by atomic mass is 35.5. The number of hydrogen-bond acceptors (Lipinski definition) is 1. The number of aryl methyl sites for hydroxylation is 1. The first-order valence-corrected chi connectivity index (χ1v) is 7.50. The largest absolute Gasteiger partial charge is 0.476 e.